The van der Waals surface area contributed by atoms with Gasteiger partial charge >= 0.3 is 5.97 Å². The van der Waals surface area contributed by atoms with Crippen molar-refractivity contribution in [1.29, 1.82) is 0 Å². The Hall–Kier alpha value is -2.57. The van der Waals surface area contributed by atoms with Gasteiger partial charge in [-0.05, 0) is 45.0 Å². The molecule has 7 heteroatoms. The monoisotopic (exact) mass is 480 g/mol. The summed E-state index contributed by atoms with van der Waals surface area (Å²) in [6.07, 6.45) is 14.1. The van der Waals surface area contributed by atoms with Gasteiger partial charge in [0.25, 0.3) is 0 Å². The minimum Gasteiger partial charge on any atom is -0.482 e. The Morgan fingerprint density at radius 1 is 1.12 bits per heavy atom. The number of carbonyl (C=O) groups excluding carboxylic acids is 1. The maximum Gasteiger partial charge on any atom is 0.341 e. The molecule has 1 amide bonds. The average Bonchev–Trinajstić information content (AvgIpc) is 2.80. The summed E-state index contributed by atoms with van der Waals surface area (Å²) in [5.41, 5.74) is 0.875. The van der Waals surface area contributed by atoms with Crippen LogP contribution >= 0.6 is 11.6 Å². The van der Waals surface area contributed by atoms with E-state index in [9.17, 15) is 9.59 Å². The molecule has 0 saturated heterocycles. The van der Waals surface area contributed by atoms with Crippen LogP contribution in [0.5, 0.6) is 5.75 Å². The number of amides is 1. The van der Waals surface area contributed by atoms with Crippen molar-refractivity contribution in [2.24, 2.45) is 0 Å². The van der Waals surface area contributed by atoms with Gasteiger partial charge in [-0.25, -0.2) is 4.79 Å². The lowest BCUT2D eigenvalue weighted by Gasteiger charge is -2.11. The first-order valence-electron chi connectivity index (χ1n) is 11.5. The van der Waals surface area contributed by atoms with Crippen LogP contribution in [0.4, 0.5) is 0 Å². The van der Waals surface area contributed by atoms with Crippen molar-refractivity contribution < 1.29 is 19.4 Å². The van der Waals surface area contributed by atoms with Gasteiger partial charge in [-0.3, -0.25) is 4.79 Å². The topological polar surface area (TPSA) is 87.7 Å². The second-order valence-electron chi connectivity index (χ2n) is 6.46. The molecule has 1 rings (SSSR count). The Bertz CT molecular complexity index is 731. The third kappa shape index (κ3) is 21.1. The minimum absolute atomic E-state index is 0.0678. The van der Waals surface area contributed by atoms with Gasteiger partial charge in [0, 0.05) is 30.1 Å². The third-order valence-corrected chi connectivity index (χ3v) is 3.97. The molecule has 0 aliphatic carbocycles. The largest absolute Gasteiger partial charge is 0.482 e. The zero-order valence-electron chi connectivity index (χ0n) is 20.7. The predicted molar refractivity (Wildman–Crippen MR) is 139 cm³/mol. The molecule has 0 heterocycles. The van der Waals surface area contributed by atoms with Crippen molar-refractivity contribution >= 4 is 23.5 Å². The summed E-state index contributed by atoms with van der Waals surface area (Å²) in [7, 11) is 0. The highest BCUT2D eigenvalue weighted by atomic mass is 35.5. The maximum absolute atomic E-state index is 10.9. The summed E-state index contributed by atoms with van der Waals surface area (Å²) in [5.74, 6) is -0.362. The summed E-state index contributed by atoms with van der Waals surface area (Å²) in [6, 6.07) is 5.17. The molecular weight excluding hydrogens is 440 g/mol. The highest BCUT2D eigenvalue weighted by Gasteiger charge is 2.06. The Balaban J connectivity index is 0. The van der Waals surface area contributed by atoms with E-state index >= 15 is 0 Å². The van der Waals surface area contributed by atoms with Gasteiger partial charge in [0.2, 0.25) is 5.91 Å². The molecule has 0 atom stereocenters. The molecule has 1 aromatic rings. The van der Waals surface area contributed by atoms with Crippen molar-refractivity contribution in [2.45, 2.75) is 60.4 Å². The maximum atomic E-state index is 10.9. The Labute approximate surface area is 204 Å². The molecule has 0 aromatic heterocycles. The number of nitrogens with one attached hydrogen (secondary N) is 2. The summed E-state index contributed by atoms with van der Waals surface area (Å²) < 4.78 is 5.21. The molecule has 0 aliphatic heterocycles. The van der Waals surface area contributed by atoms with Crippen molar-refractivity contribution in [2.75, 3.05) is 19.7 Å². The molecule has 6 nitrogen and oxygen atoms in total. The second kappa shape index (κ2) is 24.1. The van der Waals surface area contributed by atoms with Crippen LogP contribution in [-0.4, -0.2) is 36.7 Å². The molecule has 0 spiro atoms. The van der Waals surface area contributed by atoms with Gasteiger partial charge in [0.1, 0.15) is 5.75 Å². The number of allylic oxidation sites excluding steroid dienone is 5. The fourth-order valence-electron chi connectivity index (χ4n) is 2.25. The van der Waals surface area contributed by atoms with Crippen molar-refractivity contribution in [1.82, 2.24) is 10.6 Å². The quantitative estimate of drug-likeness (QED) is 0.241. The SMILES string of the molecule is CC.CCCCNCc1cc(Cl)ccc1OCC(=O)O.C\C=C/C=C\C=C\CC(=O)NCC. The molecule has 0 fully saturated rings. The number of rotatable bonds is 13. The standard InChI is InChI=1S/C13H18ClNO3.C11H17NO.C2H6/c1-2-3-6-15-8-10-7-11(14)4-5-12(10)18-9-13(16)17;1-3-5-6-7-8-9-10-11(13)12-4-2;1-2/h4-5,7,15H,2-3,6,8-9H2,1H3,(H,16,17);3,5-9H,4,10H2,1-2H3,(H,12,13);1-2H3/b;5-3-,7-6-,9-8+;. The second-order valence-corrected chi connectivity index (χ2v) is 6.90. The number of carboxylic acids is 1. The van der Waals surface area contributed by atoms with Crippen molar-refractivity contribution in [3.05, 3.63) is 65.2 Å². The van der Waals surface area contributed by atoms with Crippen LogP contribution in [0.3, 0.4) is 0 Å². The molecule has 3 N–H and O–H groups in total. The van der Waals surface area contributed by atoms with Crippen LogP contribution in [0.15, 0.2) is 54.7 Å². The van der Waals surface area contributed by atoms with E-state index in [1.54, 1.807) is 18.2 Å². The van der Waals surface area contributed by atoms with Gasteiger partial charge < -0.3 is 20.5 Å². The van der Waals surface area contributed by atoms with E-state index in [0.717, 1.165) is 24.9 Å². The number of ether oxygens (including phenoxy) is 1. The highest BCUT2D eigenvalue weighted by molar-refractivity contribution is 6.30. The summed E-state index contributed by atoms with van der Waals surface area (Å²) in [5, 5.41) is 15.2. The van der Waals surface area contributed by atoms with E-state index < -0.39 is 5.97 Å². The number of carbonyl (C=O) groups is 2. The fourth-order valence-corrected chi connectivity index (χ4v) is 2.45. The zero-order chi connectivity index (χ0) is 25.3. The molecule has 33 heavy (non-hydrogen) atoms. The smallest absolute Gasteiger partial charge is 0.341 e. The molecular formula is C26H41ClN2O4. The van der Waals surface area contributed by atoms with Crippen molar-refractivity contribution in [3.63, 3.8) is 0 Å². The normalized spacial score (nSPS) is 10.5. The Morgan fingerprint density at radius 3 is 2.42 bits per heavy atom. The lowest BCUT2D eigenvalue weighted by Crippen LogP contribution is -2.21. The number of benzene rings is 1. The molecule has 0 radical (unpaired) electrons. The lowest BCUT2D eigenvalue weighted by molar-refractivity contribution is -0.139. The fraction of sp³-hybridized carbons (Fsp3) is 0.462. The first-order valence-corrected chi connectivity index (χ1v) is 11.9. The first kappa shape index (κ1) is 32.6. The molecule has 0 saturated carbocycles. The van der Waals surface area contributed by atoms with Gasteiger partial charge in [-0.15, -0.1) is 0 Å². The van der Waals surface area contributed by atoms with E-state index in [1.807, 2.05) is 64.2 Å². The molecule has 186 valence electrons. The van der Waals surface area contributed by atoms with Crippen LogP contribution in [-0.2, 0) is 16.1 Å². The number of aliphatic carboxylic acids is 1. The number of unbranched alkanes of at least 4 members (excludes halogenated alkanes) is 1. The summed E-state index contributed by atoms with van der Waals surface area (Å²) in [6.45, 7) is 11.9. The first-order chi connectivity index (χ1) is 15.9. The van der Waals surface area contributed by atoms with E-state index in [2.05, 4.69) is 17.6 Å². The van der Waals surface area contributed by atoms with E-state index in [4.69, 9.17) is 21.4 Å². The lowest BCUT2D eigenvalue weighted by atomic mass is 10.2. The average molecular weight is 481 g/mol. The van der Waals surface area contributed by atoms with E-state index in [0.29, 0.717) is 30.3 Å². The van der Waals surface area contributed by atoms with Crippen LogP contribution in [0.2, 0.25) is 5.02 Å². The van der Waals surface area contributed by atoms with Gasteiger partial charge in [0.15, 0.2) is 6.61 Å². The minimum atomic E-state index is -0.991. The number of hydrogen-bond donors (Lipinski definition) is 3. The van der Waals surface area contributed by atoms with Crippen LogP contribution in [0.1, 0.15) is 59.4 Å². The summed E-state index contributed by atoms with van der Waals surface area (Å²) >= 11 is 5.92. The predicted octanol–water partition coefficient (Wildman–Crippen LogP) is 5.92. The Morgan fingerprint density at radius 2 is 1.82 bits per heavy atom. The van der Waals surface area contributed by atoms with Gasteiger partial charge in [0.05, 0.1) is 0 Å². The van der Waals surface area contributed by atoms with Gasteiger partial charge in [-0.1, -0.05) is 75.2 Å². The zero-order valence-corrected chi connectivity index (χ0v) is 21.5. The van der Waals surface area contributed by atoms with Crippen LogP contribution < -0.4 is 15.4 Å². The number of halogens is 1. The van der Waals surface area contributed by atoms with Crippen LogP contribution in [0, 0.1) is 0 Å². The van der Waals surface area contributed by atoms with Gasteiger partial charge in [-0.2, -0.15) is 0 Å². The molecule has 1 aromatic carbocycles. The van der Waals surface area contributed by atoms with E-state index in [1.165, 1.54) is 0 Å². The molecule has 0 bridgehead atoms. The molecule has 0 unspecified atom stereocenters. The third-order valence-electron chi connectivity index (χ3n) is 3.74. The highest BCUT2D eigenvalue weighted by Crippen LogP contribution is 2.22. The van der Waals surface area contributed by atoms with Crippen LogP contribution in [0.25, 0.3) is 0 Å². The Kier molecular flexibility index (Phi) is 23.8. The summed E-state index contributed by atoms with van der Waals surface area (Å²) in [4.78, 5) is 21.4. The van der Waals surface area contributed by atoms with E-state index in [-0.39, 0.29) is 12.5 Å². The number of carboxylic acid groups (broad SMARTS) is 1. The number of hydrogen-bond acceptors (Lipinski definition) is 4. The van der Waals surface area contributed by atoms with Crippen molar-refractivity contribution in [3.8, 4) is 5.75 Å². The molecule has 0 aliphatic rings.